The highest BCUT2D eigenvalue weighted by Crippen LogP contribution is 2.28. The lowest BCUT2D eigenvalue weighted by atomic mass is 10.1. The lowest BCUT2D eigenvalue weighted by Crippen LogP contribution is -1.87. The van der Waals surface area contributed by atoms with Crippen LogP contribution in [0, 0.1) is 6.92 Å². The van der Waals surface area contributed by atoms with Crippen molar-refractivity contribution in [1.29, 1.82) is 0 Å². The first kappa shape index (κ1) is 10.6. The van der Waals surface area contributed by atoms with Crippen molar-refractivity contribution in [2.75, 3.05) is 0 Å². The van der Waals surface area contributed by atoms with Crippen LogP contribution in [0.1, 0.15) is 25.0 Å². The highest BCUT2D eigenvalue weighted by Gasteiger charge is 2.07. The molecule has 15 heavy (non-hydrogen) atoms. The Morgan fingerprint density at radius 3 is 2.87 bits per heavy atom. The van der Waals surface area contributed by atoms with E-state index in [9.17, 15) is 0 Å². The van der Waals surface area contributed by atoms with E-state index < -0.39 is 0 Å². The zero-order valence-electron chi connectivity index (χ0n) is 9.41. The maximum absolute atomic E-state index is 5.60. The molecule has 0 N–H and O–H groups in total. The minimum absolute atomic E-state index is 0.666. The van der Waals surface area contributed by atoms with Gasteiger partial charge in [0.15, 0.2) is 0 Å². The Bertz CT molecular complexity index is 457. The third-order valence-corrected chi connectivity index (χ3v) is 3.59. The van der Waals surface area contributed by atoms with E-state index in [1.165, 1.54) is 16.5 Å². The van der Waals surface area contributed by atoms with Crippen LogP contribution in [-0.4, -0.2) is 5.25 Å². The third-order valence-electron chi connectivity index (χ3n) is 2.45. The quantitative estimate of drug-likeness (QED) is 0.761. The van der Waals surface area contributed by atoms with Crippen molar-refractivity contribution >= 4 is 22.7 Å². The lowest BCUT2D eigenvalue weighted by molar-refractivity contribution is 0.610. The Labute approximate surface area is 94.9 Å². The smallest absolute Gasteiger partial charge is 0.137 e. The van der Waals surface area contributed by atoms with Crippen LogP contribution in [0.15, 0.2) is 28.9 Å². The first-order valence-corrected chi connectivity index (χ1v) is 6.30. The molecule has 0 fully saturated rings. The fraction of sp³-hybridized carbons (Fsp3) is 0.385. The molecule has 0 aliphatic rings. The van der Waals surface area contributed by atoms with Crippen molar-refractivity contribution in [2.45, 2.75) is 31.8 Å². The van der Waals surface area contributed by atoms with E-state index in [2.05, 4.69) is 39.0 Å². The highest BCUT2D eigenvalue weighted by atomic mass is 32.2. The number of furan rings is 1. The number of hydrogen-bond acceptors (Lipinski definition) is 2. The van der Waals surface area contributed by atoms with Gasteiger partial charge < -0.3 is 4.42 Å². The monoisotopic (exact) mass is 220 g/mol. The number of benzene rings is 1. The predicted octanol–water partition coefficient (Wildman–Crippen LogP) is 4.38. The Kier molecular flexibility index (Phi) is 3.06. The van der Waals surface area contributed by atoms with Crippen LogP contribution in [0.4, 0.5) is 0 Å². The summed E-state index contributed by atoms with van der Waals surface area (Å²) in [7, 11) is 0. The maximum atomic E-state index is 5.60. The average Bonchev–Trinajstić information content (AvgIpc) is 2.59. The lowest BCUT2D eigenvalue weighted by Gasteiger charge is -2.02. The van der Waals surface area contributed by atoms with Crippen LogP contribution in [0.2, 0.25) is 0 Å². The SMILES string of the molecule is Cc1cccc2c(CSC(C)C)coc12. The van der Waals surface area contributed by atoms with E-state index >= 15 is 0 Å². The fourth-order valence-corrected chi connectivity index (χ4v) is 2.36. The molecule has 2 heteroatoms. The Hall–Kier alpha value is -0.890. The molecule has 0 bridgehead atoms. The van der Waals surface area contributed by atoms with Gasteiger partial charge in [0.05, 0.1) is 6.26 Å². The number of fused-ring (bicyclic) bond motifs is 1. The van der Waals surface area contributed by atoms with E-state index in [1.807, 2.05) is 18.0 Å². The fourth-order valence-electron chi connectivity index (χ4n) is 1.62. The molecule has 0 radical (unpaired) electrons. The summed E-state index contributed by atoms with van der Waals surface area (Å²) in [5, 5.41) is 1.93. The zero-order valence-corrected chi connectivity index (χ0v) is 10.2. The van der Waals surface area contributed by atoms with Gasteiger partial charge >= 0.3 is 0 Å². The standard InChI is InChI=1S/C13H16OS/c1-9(2)15-8-11-7-14-13-10(3)5-4-6-12(11)13/h4-7,9H,8H2,1-3H3. The van der Waals surface area contributed by atoms with Crippen molar-refractivity contribution in [3.63, 3.8) is 0 Å². The van der Waals surface area contributed by atoms with Crippen LogP contribution in [-0.2, 0) is 5.75 Å². The van der Waals surface area contributed by atoms with Gasteiger partial charge in [-0.25, -0.2) is 0 Å². The normalized spacial score (nSPS) is 11.5. The van der Waals surface area contributed by atoms with Crippen molar-refractivity contribution < 1.29 is 4.42 Å². The molecule has 0 amide bonds. The molecule has 2 rings (SSSR count). The first-order chi connectivity index (χ1) is 7.18. The molecule has 1 heterocycles. The maximum Gasteiger partial charge on any atom is 0.137 e. The molecular formula is C13H16OS. The van der Waals surface area contributed by atoms with Crippen LogP contribution in [0.3, 0.4) is 0 Å². The molecule has 0 saturated carbocycles. The molecule has 0 unspecified atom stereocenters. The summed E-state index contributed by atoms with van der Waals surface area (Å²) >= 11 is 1.95. The highest BCUT2D eigenvalue weighted by molar-refractivity contribution is 7.99. The van der Waals surface area contributed by atoms with E-state index in [0.29, 0.717) is 5.25 Å². The van der Waals surface area contributed by atoms with Gasteiger partial charge in [0, 0.05) is 16.7 Å². The summed E-state index contributed by atoms with van der Waals surface area (Å²) in [6, 6.07) is 6.32. The molecule has 0 atom stereocenters. The summed E-state index contributed by atoms with van der Waals surface area (Å²) < 4.78 is 5.60. The summed E-state index contributed by atoms with van der Waals surface area (Å²) in [6.07, 6.45) is 1.90. The molecule has 0 aliphatic heterocycles. The summed E-state index contributed by atoms with van der Waals surface area (Å²) in [4.78, 5) is 0. The molecule has 0 spiro atoms. The van der Waals surface area contributed by atoms with E-state index in [1.54, 1.807) is 0 Å². The summed E-state index contributed by atoms with van der Waals surface area (Å²) in [5.41, 5.74) is 3.57. The van der Waals surface area contributed by atoms with Crippen LogP contribution in [0.5, 0.6) is 0 Å². The Morgan fingerprint density at radius 2 is 2.13 bits per heavy atom. The minimum atomic E-state index is 0.666. The number of rotatable bonds is 3. The van der Waals surface area contributed by atoms with Gasteiger partial charge in [0.25, 0.3) is 0 Å². The van der Waals surface area contributed by atoms with E-state index in [-0.39, 0.29) is 0 Å². The molecule has 1 aromatic heterocycles. The van der Waals surface area contributed by atoms with Gasteiger partial charge in [0.1, 0.15) is 5.58 Å². The van der Waals surface area contributed by atoms with Gasteiger partial charge in [-0.2, -0.15) is 11.8 Å². The number of aryl methyl sites for hydroxylation is 1. The molecule has 80 valence electrons. The second-order valence-corrected chi connectivity index (χ2v) is 5.64. The third kappa shape index (κ3) is 2.20. The number of thioether (sulfide) groups is 1. The first-order valence-electron chi connectivity index (χ1n) is 5.26. The van der Waals surface area contributed by atoms with Gasteiger partial charge in [0.2, 0.25) is 0 Å². The van der Waals surface area contributed by atoms with Crippen molar-refractivity contribution in [3.8, 4) is 0 Å². The average molecular weight is 220 g/mol. The van der Waals surface area contributed by atoms with Gasteiger partial charge in [-0.3, -0.25) is 0 Å². The van der Waals surface area contributed by atoms with E-state index in [4.69, 9.17) is 4.42 Å². The van der Waals surface area contributed by atoms with Gasteiger partial charge in [-0.05, 0) is 17.7 Å². The van der Waals surface area contributed by atoms with Crippen molar-refractivity contribution in [3.05, 3.63) is 35.6 Å². The van der Waals surface area contributed by atoms with Crippen LogP contribution in [0.25, 0.3) is 11.0 Å². The molecule has 2 aromatic rings. The molecule has 1 aromatic carbocycles. The topological polar surface area (TPSA) is 13.1 Å². The van der Waals surface area contributed by atoms with Gasteiger partial charge in [-0.15, -0.1) is 0 Å². The predicted molar refractivity (Wildman–Crippen MR) is 67.4 cm³/mol. The molecular weight excluding hydrogens is 204 g/mol. The van der Waals surface area contributed by atoms with Crippen molar-refractivity contribution in [2.24, 2.45) is 0 Å². The molecule has 0 aliphatic carbocycles. The zero-order chi connectivity index (χ0) is 10.8. The minimum Gasteiger partial charge on any atom is -0.464 e. The largest absolute Gasteiger partial charge is 0.464 e. The molecule has 0 saturated heterocycles. The summed E-state index contributed by atoms with van der Waals surface area (Å²) in [6.45, 7) is 6.53. The van der Waals surface area contributed by atoms with Crippen molar-refractivity contribution in [1.82, 2.24) is 0 Å². The summed E-state index contributed by atoms with van der Waals surface area (Å²) in [5.74, 6) is 1.04. The number of para-hydroxylation sites is 1. The van der Waals surface area contributed by atoms with Crippen LogP contribution < -0.4 is 0 Å². The second-order valence-electron chi connectivity index (χ2n) is 4.07. The Balaban J connectivity index is 2.33. The van der Waals surface area contributed by atoms with E-state index in [0.717, 1.165) is 11.3 Å². The Morgan fingerprint density at radius 1 is 1.33 bits per heavy atom. The van der Waals surface area contributed by atoms with Crippen LogP contribution >= 0.6 is 11.8 Å². The second kappa shape index (κ2) is 4.31. The van der Waals surface area contributed by atoms with Gasteiger partial charge in [-0.1, -0.05) is 32.0 Å². The molecule has 1 nitrogen and oxygen atoms in total. The number of hydrogen-bond donors (Lipinski definition) is 0.